The zero-order valence-electron chi connectivity index (χ0n) is 17.5. The molecule has 2 fully saturated rings. The standard InChI is InChI=1S/C24H29ClN4O2/c25-19-12-10-18(11-13-19)15-29(24(31)26-14-17-6-2-1-3-7-17)16-22-27-21-9-5-4-8-20(21)23(30)28-22/h1-3,6-7,10-13,20-22,27H,4-5,8-9,14-16H2,(H,26,31)(H,28,30). The third kappa shape index (κ3) is 5.77. The molecule has 7 heteroatoms. The quantitative estimate of drug-likeness (QED) is 0.641. The average Bonchev–Trinajstić information content (AvgIpc) is 2.79. The summed E-state index contributed by atoms with van der Waals surface area (Å²) < 4.78 is 0. The van der Waals surface area contributed by atoms with E-state index in [9.17, 15) is 9.59 Å². The van der Waals surface area contributed by atoms with Gasteiger partial charge in [-0.05, 0) is 36.1 Å². The molecule has 1 saturated carbocycles. The SMILES string of the molecule is O=C1NC(CN(Cc2ccc(Cl)cc2)C(=O)NCc2ccccc2)NC2CCCCC12. The fourth-order valence-corrected chi connectivity index (χ4v) is 4.58. The molecule has 1 heterocycles. The summed E-state index contributed by atoms with van der Waals surface area (Å²) in [6.07, 6.45) is 3.92. The number of urea groups is 1. The molecule has 3 unspecified atom stereocenters. The number of rotatable bonds is 6. The van der Waals surface area contributed by atoms with Gasteiger partial charge in [0.15, 0.2) is 0 Å². The fourth-order valence-electron chi connectivity index (χ4n) is 4.46. The predicted octanol–water partition coefficient (Wildman–Crippen LogP) is 3.66. The minimum absolute atomic E-state index is 0.0432. The fraction of sp³-hybridized carbons (Fsp3) is 0.417. The maximum absolute atomic E-state index is 13.1. The molecule has 1 aliphatic carbocycles. The first kappa shape index (κ1) is 21.7. The smallest absolute Gasteiger partial charge is 0.318 e. The number of hydrogen-bond acceptors (Lipinski definition) is 3. The Morgan fingerprint density at radius 2 is 1.77 bits per heavy atom. The van der Waals surface area contributed by atoms with Crippen molar-refractivity contribution in [1.82, 2.24) is 20.9 Å². The summed E-state index contributed by atoms with van der Waals surface area (Å²) in [7, 11) is 0. The third-order valence-corrected chi connectivity index (χ3v) is 6.35. The maximum Gasteiger partial charge on any atom is 0.318 e. The number of hydrogen-bond donors (Lipinski definition) is 3. The maximum atomic E-state index is 13.1. The number of benzene rings is 2. The predicted molar refractivity (Wildman–Crippen MR) is 121 cm³/mol. The van der Waals surface area contributed by atoms with E-state index in [0.29, 0.717) is 24.7 Å². The van der Waals surface area contributed by atoms with Crippen molar-refractivity contribution in [2.45, 2.75) is 51.0 Å². The zero-order valence-corrected chi connectivity index (χ0v) is 18.3. The number of halogens is 1. The molecule has 0 spiro atoms. The van der Waals surface area contributed by atoms with E-state index in [0.717, 1.165) is 36.8 Å². The van der Waals surface area contributed by atoms with E-state index in [1.165, 1.54) is 0 Å². The number of fused-ring (bicyclic) bond motifs is 1. The van der Waals surface area contributed by atoms with E-state index >= 15 is 0 Å². The van der Waals surface area contributed by atoms with Crippen LogP contribution in [0.1, 0.15) is 36.8 Å². The molecule has 0 aromatic heterocycles. The molecule has 4 rings (SSSR count). The Labute approximate surface area is 188 Å². The lowest BCUT2D eigenvalue weighted by Gasteiger charge is -2.41. The second-order valence-electron chi connectivity index (χ2n) is 8.38. The largest absolute Gasteiger partial charge is 0.339 e. The Morgan fingerprint density at radius 3 is 2.55 bits per heavy atom. The number of nitrogens with one attached hydrogen (secondary N) is 3. The zero-order chi connectivity index (χ0) is 21.6. The van der Waals surface area contributed by atoms with Gasteiger partial charge in [0.25, 0.3) is 0 Å². The second-order valence-corrected chi connectivity index (χ2v) is 8.81. The van der Waals surface area contributed by atoms with Gasteiger partial charge in [0.1, 0.15) is 0 Å². The highest BCUT2D eigenvalue weighted by atomic mass is 35.5. The van der Waals surface area contributed by atoms with E-state index < -0.39 is 0 Å². The molecule has 31 heavy (non-hydrogen) atoms. The second kappa shape index (κ2) is 10.2. The van der Waals surface area contributed by atoms with Crippen LogP contribution in [-0.4, -0.2) is 35.6 Å². The van der Waals surface area contributed by atoms with Crippen LogP contribution < -0.4 is 16.0 Å². The van der Waals surface area contributed by atoms with Gasteiger partial charge in [-0.2, -0.15) is 0 Å². The number of amides is 3. The van der Waals surface area contributed by atoms with E-state index in [1.54, 1.807) is 4.90 Å². The molecule has 0 radical (unpaired) electrons. The lowest BCUT2D eigenvalue weighted by Crippen LogP contribution is -2.65. The molecule has 1 aliphatic heterocycles. The van der Waals surface area contributed by atoms with E-state index in [4.69, 9.17) is 11.6 Å². The van der Waals surface area contributed by atoms with E-state index in [1.807, 2.05) is 54.6 Å². The first-order valence-electron chi connectivity index (χ1n) is 11.0. The minimum Gasteiger partial charge on any atom is -0.339 e. The molecule has 6 nitrogen and oxygen atoms in total. The summed E-state index contributed by atoms with van der Waals surface area (Å²) >= 11 is 6.01. The van der Waals surface area contributed by atoms with Crippen LogP contribution in [0.25, 0.3) is 0 Å². The molecule has 2 aliphatic rings. The van der Waals surface area contributed by atoms with E-state index in [2.05, 4.69) is 16.0 Å². The van der Waals surface area contributed by atoms with Gasteiger partial charge in [-0.1, -0.05) is 66.9 Å². The summed E-state index contributed by atoms with van der Waals surface area (Å²) in [5, 5.41) is 10.3. The van der Waals surface area contributed by atoms with Crippen molar-refractivity contribution in [3.8, 4) is 0 Å². The average molecular weight is 441 g/mol. The summed E-state index contributed by atoms with van der Waals surface area (Å²) in [5.74, 6) is 0.145. The summed E-state index contributed by atoms with van der Waals surface area (Å²) in [5.41, 5.74) is 2.02. The Balaban J connectivity index is 1.44. The van der Waals surface area contributed by atoms with Crippen LogP contribution in [-0.2, 0) is 17.9 Å². The van der Waals surface area contributed by atoms with Crippen LogP contribution in [0, 0.1) is 5.92 Å². The molecular weight excluding hydrogens is 412 g/mol. The highest BCUT2D eigenvalue weighted by molar-refractivity contribution is 6.30. The summed E-state index contributed by atoms with van der Waals surface area (Å²) in [6.45, 7) is 1.27. The highest BCUT2D eigenvalue weighted by Crippen LogP contribution is 2.27. The Kier molecular flexibility index (Phi) is 7.10. The van der Waals surface area contributed by atoms with Crippen LogP contribution in [0.2, 0.25) is 5.02 Å². The number of carbonyl (C=O) groups excluding carboxylic acids is 2. The van der Waals surface area contributed by atoms with Gasteiger partial charge < -0.3 is 15.5 Å². The third-order valence-electron chi connectivity index (χ3n) is 6.10. The lowest BCUT2D eigenvalue weighted by molar-refractivity contribution is -0.131. The van der Waals surface area contributed by atoms with Crippen LogP contribution >= 0.6 is 11.6 Å². The van der Waals surface area contributed by atoms with Gasteiger partial charge in [0, 0.05) is 24.2 Å². The Bertz CT molecular complexity index is 890. The topological polar surface area (TPSA) is 73.5 Å². The van der Waals surface area contributed by atoms with Gasteiger partial charge in [-0.25, -0.2) is 4.79 Å². The molecule has 0 bridgehead atoms. The van der Waals surface area contributed by atoms with Crippen LogP contribution in [0.15, 0.2) is 54.6 Å². The van der Waals surface area contributed by atoms with Gasteiger partial charge in [-0.15, -0.1) is 0 Å². The highest BCUT2D eigenvalue weighted by Gasteiger charge is 2.38. The lowest BCUT2D eigenvalue weighted by atomic mass is 9.82. The number of nitrogens with zero attached hydrogens (tertiary/aromatic N) is 1. The molecule has 3 atom stereocenters. The molecule has 1 saturated heterocycles. The molecule has 3 amide bonds. The first-order valence-corrected chi connectivity index (χ1v) is 11.3. The van der Waals surface area contributed by atoms with Gasteiger partial charge in [0.2, 0.25) is 5.91 Å². The minimum atomic E-state index is -0.262. The van der Waals surface area contributed by atoms with Crippen molar-refractivity contribution in [3.05, 3.63) is 70.7 Å². The number of carbonyl (C=O) groups is 2. The normalized spacial score (nSPS) is 22.9. The van der Waals surface area contributed by atoms with Crippen molar-refractivity contribution in [3.63, 3.8) is 0 Å². The van der Waals surface area contributed by atoms with Crippen LogP contribution in [0.4, 0.5) is 4.79 Å². The monoisotopic (exact) mass is 440 g/mol. The Hall–Kier alpha value is -2.57. The van der Waals surface area contributed by atoms with Crippen molar-refractivity contribution in [2.24, 2.45) is 5.92 Å². The molecule has 2 aromatic rings. The van der Waals surface area contributed by atoms with Crippen LogP contribution in [0.5, 0.6) is 0 Å². The molecule has 164 valence electrons. The Morgan fingerprint density at radius 1 is 1.03 bits per heavy atom. The van der Waals surface area contributed by atoms with E-state index in [-0.39, 0.29) is 30.1 Å². The van der Waals surface area contributed by atoms with Gasteiger partial charge in [0.05, 0.1) is 18.6 Å². The first-order chi connectivity index (χ1) is 15.1. The molecule has 2 aromatic carbocycles. The van der Waals surface area contributed by atoms with Crippen molar-refractivity contribution < 1.29 is 9.59 Å². The molecule has 3 N–H and O–H groups in total. The van der Waals surface area contributed by atoms with Crippen molar-refractivity contribution >= 4 is 23.5 Å². The van der Waals surface area contributed by atoms with Crippen molar-refractivity contribution in [2.75, 3.05) is 6.54 Å². The van der Waals surface area contributed by atoms with Crippen LogP contribution in [0.3, 0.4) is 0 Å². The summed E-state index contributed by atoms with van der Waals surface area (Å²) in [4.78, 5) is 27.4. The van der Waals surface area contributed by atoms with Gasteiger partial charge >= 0.3 is 6.03 Å². The summed E-state index contributed by atoms with van der Waals surface area (Å²) in [6, 6.07) is 17.3. The van der Waals surface area contributed by atoms with Crippen molar-refractivity contribution in [1.29, 1.82) is 0 Å². The van der Waals surface area contributed by atoms with Gasteiger partial charge in [-0.3, -0.25) is 10.1 Å². The molecular formula is C24H29ClN4O2.